The van der Waals surface area contributed by atoms with E-state index in [0.717, 1.165) is 25.7 Å². The lowest BCUT2D eigenvalue weighted by atomic mass is 9.83. The van der Waals surface area contributed by atoms with Crippen LogP contribution in [-0.4, -0.2) is 18.1 Å². The highest BCUT2D eigenvalue weighted by Crippen LogP contribution is 2.44. The van der Waals surface area contributed by atoms with Gasteiger partial charge >= 0.3 is 0 Å². The zero-order chi connectivity index (χ0) is 10.0. The Morgan fingerprint density at radius 3 is 2.64 bits per heavy atom. The predicted molar refractivity (Wildman–Crippen MR) is 52.8 cm³/mol. The van der Waals surface area contributed by atoms with Crippen molar-refractivity contribution in [3.05, 3.63) is 12.7 Å². The lowest BCUT2D eigenvalue weighted by molar-refractivity contribution is -0.125. The Balaban J connectivity index is 1.76. The Bertz CT molecular complexity index is 269. The first-order chi connectivity index (χ1) is 6.76. The normalized spacial score (nSPS) is 23.4. The van der Waals surface area contributed by atoms with Gasteiger partial charge in [-0.05, 0) is 25.7 Å². The van der Waals surface area contributed by atoms with Gasteiger partial charge in [-0.25, -0.2) is 0 Å². The van der Waals surface area contributed by atoms with Gasteiger partial charge in [0.15, 0.2) is 5.66 Å². The van der Waals surface area contributed by atoms with Gasteiger partial charge in [0.25, 0.3) is 0 Å². The van der Waals surface area contributed by atoms with Crippen molar-refractivity contribution in [2.75, 3.05) is 6.54 Å². The Morgan fingerprint density at radius 1 is 1.50 bits per heavy atom. The summed E-state index contributed by atoms with van der Waals surface area (Å²) in [5.41, 5.74) is -0.0603. The summed E-state index contributed by atoms with van der Waals surface area (Å²) >= 11 is 0. The number of nitrogens with one attached hydrogen (secondary N) is 1. The first kappa shape index (κ1) is 9.37. The largest absolute Gasteiger partial charge is 0.352 e. The van der Waals surface area contributed by atoms with Gasteiger partial charge in [0.1, 0.15) is 0 Å². The van der Waals surface area contributed by atoms with Crippen LogP contribution in [0.25, 0.3) is 0 Å². The van der Waals surface area contributed by atoms with Crippen molar-refractivity contribution < 1.29 is 4.79 Å². The molecule has 2 aliphatic rings. The van der Waals surface area contributed by atoms with Gasteiger partial charge in [-0.1, -0.05) is 6.08 Å². The van der Waals surface area contributed by atoms with Crippen molar-refractivity contribution in [2.24, 2.45) is 16.1 Å². The van der Waals surface area contributed by atoms with Crippen LogP contribution in [0.4, 0.5) is 0 Å². The summed E-state index contributed by atoms with van der Waals surface area (Å²) in [5, 5.41) is 10.9. The van der Waals surface area contributed by atoms with Crippen LogP contribution in [0.2, 0.25) is 0 Å². The fraction of sp³-hybridized carbons (Fsp3) is 0.700. The van der Waals surface area contributed by atoms with Crippen LogP contribution >= 0.6 is 0 Å². The van der Waals surface area contributed by atoms with Gasteiger partial charge in [0.2, 0.25) is 5.91 Å². The lowest BCUT2D eigenvalue weighted by Crippen LogP contribution is -2.34. The second-order valence-corrected chi connectivity index (χ2v) is 3.99. The summed E-state index contributed by atoms with van der Waals surface area (Å²) in [4.78, 5) is 11.6. The van der Waals surface area contributed by atoms with E-state index in [1.54, 1.807) is 6.08 Å². The van der Waals surface area contributed by atoms with E-state index in [0.29, 0.717) is 6.54 Å². The van der Waals surface area contributed by atoms with E-state index in [2.05, 4.69) is 22.1 Å². The molecule has 1 heterocycles. The highest BCUT2D eigenvalue weighted by molar-refractivity contribution is 5.78. The molecule has 1 fully saturated rings. The Morgan fingerprint density at radius 2 is 2.14 bits per heavy atom. The zero-order valence-corrected chi connectivity index (χ0v) is 8.20. The van der Waals surface area contributed by atoms with Crippen LogP contribution < -0.4 is 5.32 Å². The lowest BCUT2D eigenvalue weighted by Gasteiger charge is -2.24. The maximum Gasteiger partial charge on any atom is 0.223 e. The molecule has 0 aromatic heterocycles. The van der Waals surface area contributed by atoms with E-state index < -0.39 is 0 Å². The summed E-state index contributed by atoms with van der Waals surface area (Å²) in [6, 6.07) is 0. The third-order valence-corrected chi connectivity index (χ3v) is 2.96. The predicted octanol–water partition coefficient (Wildman–Crippen LogP) is 1.64. The summed E-state index contributed by atoms with van der Waals surface area (Å²) in [7, 11) is 0. The minimum Gasteiger partial charge on any atom is -0.352 e. The third-order valence-electron chi connectivity index (χ3n) is 2.96. The third kappa shape index (κ3) is 1.84. The molecule has 0 saturated heterocycles. The molecule has 1 amide bonds. The van der Waals surface area contributed by atoms with Crippen molar-refractivity contribution in [3.63, 3.8) is 0 Å². The molecule has 4 heteroatoms. The van der Waals surface area contributed by atoms with Crippen molar-refractivity contribution in [1.82, 2.24) is 5.32 Å². The molecule has 0 aromatic carbocycles. The average Bonchev–Trinajstić information content (AvgIpc) is 2.96. The summed E-state index contributed by atoms with van der Waals surface area (Å²) in [5.74, 6) is 0.312. The van der Waals surface area contributed by atoms with E-state index in [1.807, 2.05) is 0 Å². The molecule has 0 aromatic rings. The molecule has 0 atom stereocenters. The van der Waals surface area contributed by atoms with E-state index >= 15 is 0 Å². The summed E-state index contributed by atoms with van der Waals surface area (Å²) < 4.78 is 0. The molecule has 1 N–H and O–H groups in total. The fourth-order valence-corrected chi connectivity index (χ4v) is 1.93. The molecule has 0 unspecified atom stereocenters. The molecule has 1 aliphatic heterocycles. The van der Waals surface area contributed by atoms with E-state index in [1.165, 1.54) is 0 Å². The number of nitrogens with zero attached hydrogens (tertiary/aromatic N) is 2. The van der Waals surface area contributed by atoms with Gasteiger partial charge in [-0.3, -0.25) is 4.79 Å². The van der Waals surface area contributed by atoms with Crippen molar-refractivity contribution in [2.45, 2.75) is 31.3 Å². The van der Waals surface area contributed by atoms with Crippen LogP contribution in [0.5, 0.6) is 0 Å². The fourth-order valence-electron chi connectivity index (χ4n) is 1.93. The Labute approximate surface area is 83.5 Å². The molecule has 2 rings (SSSR count). The van der Waals surface area contributed by atoms with Crippen LogP contribution in [0, 0.1) is 5.92 Å². The topological polar surface area (TPSA) is 53.8 Å². The molecule has 4 nitrogen and oxygen atoms in total. The van der Waals surface area contributed by atoms with Gasteiger partial charge in [0.05, 0.1) is 0 Å². The zero-order valence-electron chi connectivity index (χ0n) is 8.20. The van der Waals surface area contributed by atoms with E-state index in [9.17, 15) is 4.79 Å². The van der Waals surface area contributed by atoms with E-state index in [-0.39, 0.29) is 17.5 Å². The second-order valence-electron chi connectivity index (χ2n) is 3.99. The van der Waals surface area contributed by atoms with Crippen LogP contribution in [0.1, 0.15) is 25.7 Å². The van der Waals surface area contributed by atoms with E-state index in [4.69, 9.17) is 0 Å². The first-order valence-electron chi connectivity index (χ1n) is 5.08. The van der Waals surface area contributed by atoms with Crippen LogP contribution in [-0.2, 0) is 4.79 Å². The van der Waals surface area contributed by atoms with Crippen molar-refractivity contribution in [1.29, 1.82) is 0 Å². The van der Waals surface area contributed by atoms with Crippen molar-refractivity contribution >= 4 is 5.91 Å². The van der Waals surface area contributed by atoms with Gasteiger partial charge in [-0.15, -0.1) is 6.58 Å². The molecular weight excluding hydrogens is 178 g/mol. The number of carbonyl (C=O) groups is 1. The highest BCUT2D eigenvalue weighted by atomic mass is 16.1. The Hall–Kier alpha value is -1.19. The monoisotopic (exact) mass is 193 g/mol. The van der Waals surface area contributed by atoms with Crippen molar-refractivity contribution in [3.8, 4) is 0 Å². The number of amides is 1. The maximum atomic E-state index is 11.6. The number of rotatable bonds is 3. The maximum absolute atomic E-state index is 11.6. The molecule has 0 bridgehead atoms. The number of hydrogen-bond donors (Lipinski definition) is 1. The molecule has 14 heavy (non-hydrogen) atoms. The highest BCUT2D eigenvalue weighted by Gasteiger charge is 2.44. The molecular formula is C10H15N3O. The first-order valence-corrected chi connectivity index (χ1v) is 5.08. The average molecular weight is 193 g/mol. The number of carbonyl (C=O) groups excluding carboxylic acids is 1. The summed E-state index contributed by atoms with van der Waals surface area (Å²) in [6.07, 6.45) is 5.41. The van der Waals surface area contributed by atoms with Crippen LogP contribution in [0.15, 0.2) is 22.9 Å². The van der Waals surface area contributed by atoms with Crippen LogP contribution in [0.3, 0.4) is 0 Å². The molecule has 1 spiro atoms. The minimum absolute atomic E-state index is 0.0603. The standard InChI is InChI=1S/C10H15N3O/c1-2-7-11-9(14)8-3-5-10(6-4-8)12-13-10/h2,8H,1,3-7H2,(H,11,14). The minimum atomic E-state index is -0.0603. The number of hydrogen-bond acceptors (Lipinski definition) is 3. The molecule has 1 saturated carbocycles. The summed E-state index contributed by atoms with van der Waals surface area (Å²) in [6.45, 7) is 4.13. The quantitative estimate of drug-likeness (QED) is 0.680. The smallest absolute Gasteiger partial charge is 0.223 e. The molecule has 76 valence electrons. The van der Waals surface area contributed by atoms with Gasteiger partial charge in [0, 0.05) is 12.5 Å². The van der Waals surface area contributed by atoms with Gasteiger partial charge < -0.3 is 5.32 Å². The molecule has 0 radical (unpaired) electrons. The Kier molecular flexibility index (Phi) is 2.35. The molecule has 1 aliphatic carbocycles. The van der Waals surface area contributed by atoms with Gasteiger partial charge in [-0.2, -0.15) is 10.2 Å². The second kappa shape index (κ2) is 3.52. The SMILES string of the molecule is C=CCNC(=O)C1CCC2(CC1)N=N2.